The van der Waals surface area contributed by atoms with Crippen LogP contribution in [-0.2, 0) is 4.74 Å². The molecule has 0 spiro atoms. The quantitative estimate of drug-likeness (QED) is 0.781. The zero-order valence-corrected chi connectivity index (χ0v) is 10.1. The van der Waals surface area contributed by atoms with Gasteiger partial charge in [0.15, 0.2) is 0 Å². The monoisotopic (exact) mass is 256 g/mol. The molecule has 0 aromatic heterocycles. The average Bonchev–Trinajstić information content (AvgIpc) is 2.63. The van der Waals surface area contributed by atoms with Gasteiger partial charge in [-0.05, 0) is 42.9 Å². The number of ether oxygens (including phenoxy) is 2. The molecule has 1 aliphatic heterocycles. The lowest BCUT2D eigenvalue weighted by molar-refractivity contribution is 0.140. The van der Waals surface area contributed by atoms with Gasteiger partial charge in [0.1, 0.15) is 12.4 Å². The maximum absolute atomic E-state index is 5.83. The van der Waals surface area contributed by atoms with Crippen LogP contribution in [0.3, 0.4) is 0 Å². The molecule has 16 heavy (non-hydrogen) atoms. The highest BCUT2D eigenvalue weighted by molar-refractivity contribution is 7.80. The van der Waals surface area contributed by atoms with Gasteiger partial charge < -0.3 is 9.47 Å². The fourth-order valence-corrected chi connectivity index (χ4v) is 1.66. The van der Waals surface area contributed by atoms with E-state index in [0.29, 0.717) is 5.02 Å². The van der Waals surface area contributed by atoms with Crippen LogP contribution in [0.2, 0.25) is 5.02 Å². The highest BCUT2D eigenvalue weighted by atomic mass is 35.5. The van der Waals surface area contributed by atoms with E-state index in [1.165, 1.54) is 0 Å². The summed E-state index contributed by atoms with van der Waals surface area (Å²) in [5, 5.41) is 8.23. The van der Waals surface area contributed by atoms with E-state index in [1.807, 2.05) is 19.1 Å². The summed E-state index contributed by atoms with van der Waals surface area (Å²) in [6, 6.07) is 5.41. The van der Waals surface area contributed by atoms with Crippen LogP contribution in [0.4, 0.5) is 0 Å². The molecule has 0 bridgehead atoms. The van der Waals surface area contributed by atoms with Crippen LogP contribution in [0.5, 0.6) is 5.75 Å². The molecule has 1 aromatic carbocycles. The minimum absolute atomic E-state index is 0.154. The van der Waals surface area contributed by atoms with Crippen molar-refractivity contribution in [1.82, 2.24) is 0 Å². The molecule has 0 aliphatic carbocycles. The van der Waals surface area contributed by atoms with Crippen molar-refractivity contribution in [2.45, 2.75) is 13.2 Å². The fraction of sp³-hybridized carbons (Fsp3) is 0.300. The first kappa shape index (κ1) is 11.3. The molecule has 1 unspecified atom stereocenters. The number of nitrogens with zero attached hydrogens (tertiary/aromatic N) is 2. The Morgan fingerprint density at radius 2 is 2.38 bits per heavy atom. The van der Waals surface area contributed by atoms with Crippen LogP contribution in [0.1, 0.15) is 5.56 Å². The standard InChI is InChI=1S/C10H9ClN2O2S/c1-6-4-7(11)2-3-8(6)14-5-9-12-13-10(16)15-9/h2-4,9H,5H2,1H3. The van der Waals surface area contributed by atoms with Gasteiger partial charge in [0.05, 0.1) is 0 Å². The number of hydrogen-bond acceptors (Lipinski definition) is 4. The molecule has 1 atom stereocenters. The predicted octanol–water partition coefficient (Wildman–Crippen LogP) is 3.12. The van der Waals surface area contributed by atoms with E-state index in [1.54, 1.807) is 6.07 Å². The van der Waals surface area contributed by atoms with Crippen LogP contribution >= 0.6 is 23.8 Å². The lowest BCUT2D eigenvalue weighted by Gasteiger charge is -2.11. The molecule has 84 valence electrons. The molecular formula is C10H9ClN2O2S. The zero-order chi connectivity index (χ0) is 11.5. The number of aryl methyl sites for hydroxylation is 1. The van der Waals surface area contributed by atoms with Crippen molar-refractivity contribution in [2.24, 2.45) is 10.2 Å². The van der Waals surface area contributed by atoms with E-state index in [4.69, 9.17) is 33.3 Å². The van der Waals surface area contributed by atoms with E-state index < -0.39 is 6.23 Å². The Morgan fingerprint density at radius 3 is 3.00 bits per heavy atom. The SMILES string of the molecule is Cc1cc(Cl)ccc1OCC1N=NC(=S)O1. The summed E-state index contributed by atoms with van der Waals surface area (Å²) in [6.07, 6.45) is -0.442. The number of rotatable bonds is 3. The summed E-state index contributed by atoms with van der Waals surface area (Å²) in [5.74, 6) is 0.751. The predicted molar refractivity (Wildman–Crippen MR) is 64.0 cm³/mol. The topological polar surface area (TPSA) is 43.2 Å². The van der Waals surface area contributed by atoms with Crippen LogP contribution in [0.25, 0.3) is 0 Å². The molecule has 1 aliphatic rings. The first-order valence-corrected chi connectivity index (χ1v) is 5.44. The van der Waals surface area contributed by atoms with E-state index >= 15 is 0 Å². The van der Waals surface area contributed by atoms with Crippen molar-refractivity contribution in [1.29, 1.82) is 0 Å². The maximum Gasteiger partial charge on any atom is 0.304 e. The third-order valence-corrected chi connectivity index (χ3v) is 2.44. The maximum atomic E-state index is 5.83. The molecule has 2 rings (SSSR count). The van der Waals surface area contributed by atoms with Gasteiger partial charge in [0.25, 0.3) is 0 Å². The van der Waals surface area contributed by atoms with Crippen LogP contribution in [0.15, 0.2) is 28.4 Å². The second-order valence-corrected chi connectivity index (χ2v) is 4.06. The minimum Gasteiger partial charge on any atom is -0.487 e. The Kier molecular flexibility index (Phi) is 3.36. The van der Waals surface area contributed by atoms with Crippen molar-refractivity contribution in [2.75, 3.05) is 6.61 Å². The minimum atomic E-state index is -0.442. The molecule has 4 nitrogen and oxygen atoms in total. The summed E-state index contributed by atoms with van der Waals surface area (Å²) in [7, 11) is 0. The Bertz CT molecular complexity index is 450. The van der Waals surface area contributed by atoms with Crippen molar-refractivity contribution >= 4 is 29.0 Å². The summed E-state index contributed by atoms with van der Waals surface area (Å²) < 4.78 is 10.6. The van der Waals surface area contributed by atoms with E-state index in [2.05, 4.69) is 10.2 Å². The Hall–Kier alpha value is -1.20. The number of azo groups is 1. The van der Waals surface area contributed by atoms with Crippen molar-refractivity contribution in [3.63, 3.8) is 0 Å². The van der Waals surface area contributed by atoms with Gasteiger partial charge in [0.2, 0.25) is 6.23 Å². The molecule has 0 N–H and O–H groups in total. The molecular weight excluding hydrogens is 248 g/mol. The normalized spacial score (nSPS) is 18.6. The Morgan fingerprint density at radius 1 is 1.56 bits per heavy atom. The van der Waals surface area contributed by atoms with Gasteiger partial charge in [-0.25, -0.2) is 0 Å². The first-order chi connectivity index (χ1) is 7.65. The number of thiocarbonyl (C=S) groups is 1. The van der Waals surface area contributed by atoms with Gasteiger partial charge in [-0.3, -0.25) is 0 Å². The first-order valence-electron chi connectivity index (χ1n) is 4.65. The van der Waals surface area contributed by atoms with Gasteiger partial charge in [-0.15, -0.1) is 10.2 Å². The largest absolute Gasteiger partial charge is 0.487 e. The highest BCUT2D eigenvalue weighted by Crippen LogP contribution is 2.22. The van der Waals surface area contributed by atoms with E-state index in [9.17, 15) is 0 Å². The molecule has 6 heteroatoms. The zero-order valence-electron chi connectivity index (χ0n) is 8.51. The van der Waals surface area contributed by atoms with Gasteiger partial charge in [0, 0.05) is 5.02 Å². The molecule has 0 saturated heterocycles. The van der Waals surface area contributed by atoms with E-state index in [0.717, 1.165) is 11.3 Å². The third kappa shape index (κ3) is 2.68. The molecule has 1 aromatic rings. The summed E-state index contributed by atoms with van der Waals surface area (Å²) in [4.78, 5) is 0. The number of halogens is 1. The summed E-state index contributed by atoms with van der Waals surface area (Å²) in [5.41, 5.74) is 0.963. The fourth-order valence-electron chi connectivity index (χ4n) is 1.28. The van der Waals surface area contributed by atoms with Crippen molar-refractivity contribution in [3.8, 4) is 5.75 Å². The lowest BCUT2D eigenvalue weighted by atomic mass is 10.2. The molecule has 0 amide bonds. The van der Waals surface area contributed by atoms with Crippen LogP contribution < -0.4 is 4.74 Å². The molecule has 0 radical (unpaired) electrons. The van der Waals surface area contributed by atoms with Gasteiger partial charge >= 0.3 is 5.17 Å². The number of hydrogen-bond donors (Lipinski definition) is 0. The van der Waals surface area contributed by atoms with Crippen LogP contribution in [-0.4, -0.2) is 18.0 Å². The highest BCUT2D eigenvalue weighted by Gasteiger charge is 2.18. The number of benzene rings is 1. The molecule has 0 fully saturated rings. The second kappa shape index (κ2) is 4.76. The Labute approximate surface area is 103 Å². The van der Waals surface area contributed by atoms with Crippen LogP contribution in [0, 0.1) is 6.92 Å². The van der Waals surface area contributed by atoms with Crippen molar-refractivity contribution < 1.29 is 9.47 Å². The Balaban J connectivity index is 1.95. The third-order valence-electron chi connectivity index (χ3n) is 2.02. The molecule has 0 saturated carbocycles. The summed E-state index contributed by atoms with van der Waals surface area (Å²) >= 11 is 10.5. The van der Waals surface area contributed by atoms with Gasteiger partial charge in [-0.2, -0.15) is 0 Å². The average molecular weight is 257 g/mol. The van der Waals surface area contributed by atoms with Gasteiger partial charge in [-0.1, -0.05) is 11.6 Å². The van der Waals surface area contributed by atoms with E-state index in [-0.39, 0.29) is 11.8 Å². The summed E-state index contributed by atoms with van der Waals surface area (Å²) in [6.45, 7) is 2.20. The second-order valence-electron chi connectivity index (χ2n) is 3.27. The lowest BCUT2D eigenvalue weighted by Crippen LogP contribution is -2.17. The van der Waals surface area contributed by atoms with Crippen molar-refractivity contribution in [3.05, 3.63) is 28.8 Å². The molecule has 1 heterocycles. The smallest absolute Gasteiger partial charge is 0.304 e.